The highest BCUT2D eigenvalue weighted by Crippen LogP contribution is 2.25. The van der Waals surface area contributed by atoms with E-state index in [1.165, 1.54) is 0 Å². The van der Waals surface area contributed by atoms with Gasteiger partial charge in [-0.3, -0.25) is 9.69 Å². The van der Waals surface area contributed by atoms with Crippen LogP contribution >= 0.6 is 11.3 Å². The van der Waals surface area contributed by atoms with Crippen LogP contribution in [0.3, 0.4) is 0 Å². The second-order valence-corrected chi connectivity index (χ2v) is 7.53. The molecule has 9 heteroatoms. The molecule has 0 unspecified atom stereocenters. The van der Waals surface area contributed by atoms with Gasteiger partial charge in [0.15, 0.2) is 0 Å². The zero-order valence-electron chi connectivity index (χ0n) is 16.2. The fourth-order valence-electron chi connectivity index (χ4n) is 3.08. The van der Waals surface area contributed by atoms with Crippen LogP contribution in [0.1, 0.15) is 24.7 Å². The average molecular weight is 411 g/mol. The van der Waals surface area contributed by atoms with E-state index in [-0.39, 0.29) is 11.6 Å². The summed E-state index contributed by atoms with van der Waals surface area (Å²) in [6.07, 6.45) is 0. The number of hydrogen-bond acceptors (Lipinski definition) is 8. The molecule has 0 amide bonds. The lowest BCUT2D eigenvalue weighted by atomic mass is 10.2. The maximum Gasteiger partial charge on any atom is 0.258 e. The lowest BCUT2D eigenvalue weighted by molar-refractivity contribution is 0.109. The van der Waals surface area contributed by atoms with Crippen LogP contribution in [0.25, 0.3) is 21.7 Å². The minimum absolute atomic E-state index is 0.151. The second-order valence-electron chi connectivity index (χ2n) is 6.59. The van der Waals surface area contributed by atoms with Crippen molar-refractivity contribution in [2.24, 2.45) is 0 Å². The lowest BCUT2D eigenvalue weighted by Gasteiger charge is -2.26. The Hall–Kier alpha value is -2.88. The Balaban J connectivity index is 1.60. The zero-order valence-corrected chi connectivity index (χ0v) is 17.0. The van der Waals surface area contributed by atoms with Crippen molar-refractivity contribution in [2.45, 2.75) is 19.5 Å². The van der Waals surface area contributed by atoms with Gasteiger partial charge in [0.1, 0.15) is 5.82 Å². The number of aromatic nitrogens is 4. The third kappa shape index (κ3) is 4.26. The highest BCUT2D eigenvalue weighted by atomic mass is 32.1. The van der Waals surface area contributed by atoms with E-state index in [0.717, 1.165) is 4.88 Å². The summed E-state index contributed by atoms with van der Waals surface area (Å²) < 4.78 is 11.1. The SMILES string of the molecule is COCCN(Cc1nnc(-c2cccs2)o1)[C@H](C)c1nc2ccccc2c(=O)[nH]1. The zero-order chi connectivity index (χ0) is 20.2. The van der Waals surface area contributed by atoms with Gasteiger partial charge in [0.2, 0.25) is 5.89 Å². The smallest absolute Gasteiger partial charge is 0.258 e. The first kappa shape index (κ1) is 19.4. The van der Waals surface area contributed by atoms with Crippen molar-refractivity contribution in [3.05, 3.63) is 63.8 Å². The molecule has 0 radical (unpaired) electrons. The van der Waals surface area contributed by atoms with Crippen molar-refractivity contribution >= 4 is 22.2 Å². The quantitative estimate of drug-likeness (QED) is 0.475. The molecule has 150 valence electrons. The molecule has 0 aliphatic carbocycles. The van der Waals surface area contributed by atoms with Crippen LogP contribution in [0.15, 0.2) is 51.0 Å². The van der Waals surface area contributed by atoms with Crippen LogP contribution < -0.4 is 5.56 Å². The molecule has 0 aliphatic heterocycles. The van der Waals surface area contributed by atoms with Crippen molar-refractivity contribution in [3.63, 3.8) is 0 Å². The molecule has 0 saturated carbocycles. The van der Waals surface area contributed by atoms with E-state index in [1.54, 1.807) is 24.5 Å². The van der Waals surface area contributed by atoms with Crippen molar-refractivity contribution in [1.82, 2.24) is 25.1 Å². The third-order valence-electron chi connectivity index (χ3n) is 4.69. The fraction of sp³-hybridized carbons (Fsp3) is 0.300. The standard InChI is InChI=1S/C20H21N5O3S/c1-13(18-21-15-7-4-3-6-14(15)19(26)22-18)25(9-10-27-2)12-17-23-24-20(28-17)16-8-5-11-29-16/h3-8,11,13H,9-10,12H2,1-2H3,(H,21,22,26)/t13-/m1/s1. The maximum absolute atomic E-state index is 12.5. The summed E-state index contributed by atoms with van der Waals surface area (Å²) in [7, 11) is 1.65. The van der Waals surface area contributed by atoms with Crippen molar-refractivity contribution in [2.75, 3.05) is 20.3 Å². The summed E-state index contributed by atoms with van der Waals surface area (Å²) in [4.78, 5) is 23.0. The molecule has 0 spiro atoms. The van der Waals surface area contributed by atoms with Gasteiger partial charge in [-0.2, -0.15) is 0 Å². The first-order valence-electron chi connectivity index (χ1n) is 9.24. The largest absolute Gasteiger partial charge is 0.419 e. The summed E-state index contributed by atoms with van der Waals surface area (Å²) in [5.74, 6) is 1.59. The number of benzene rings is 1. The van der Waals surface area contributed by atoms with E-state index in [9.17, 15) is 4.79 Å². The van der Waals surface area contributed by atoms with Gasteiger partial charge in [-0.05, 0) is 30.5 Å². The third-order valence-corrected chi connectivity index (χ3v) is 5.55. The molecule has 1 N–H and O–H groups in total. The molecule has 0 saturated heterocycles. The molecule has 4 aromatic rings. The maximum atomic E-state index is 12.5. The van der Waals surface area contributed by atoms with Crippen LogP contribution in [0.4, 0.5) is 0 Å². The number of rotatable bonds is 8. The lowest BCUT2D eigenvalue weighted by Crippen LogP contribution is -2.32. The topological polar surface area (TPSA) is 97.1 Å². The number of methoxy groups -OCH3 is 1. The Morgan fingerprint density at radius 1 is 1.24 bits per heavy atom. The second kappa shape index (κ2) is 8.64. The van der Waals surface area contributed by atoms with E-state index in [2.05, 4.69) is 25.1 Å². The van der Waals surface area contributed by atoms with Crippen LogP contribution in [0, 0.1) is 0 Å². The Bertz CT molecular complexity index is 1140. The Morgan fingerprint density at radius 3 is 2.90 bits per heavy atom. The molecular formula is C20H21N5O3S. The van der Waals surface area contributed by atoms with E-state index in [0.29, 0.717) is 48.2 Å². The van der Waals surface area contributed by atoms with Crippen LogP contribution in [0.5, 0.6) is 0 Å². The van der Waals surface area contributed by atoms with Crippen LogP contribution in [0.2, 0.25) is 0 Å². The van der Waals surface area contributed by atoms with Crippen molar-refractivity contribution in [3.8, 4) is 10.8 Å². The Kier molecular flexibility index (Phi) is 5.79. The minimum Gasteiger partial charge on any atom is -0.419 e. The van der Waals surface area contributed by atoms with E-state index in [4.69, 9.17) is 9.15 Å². The van der Waals surface area contributed by atoms with E-state index >= 15 is 0 Å². The number of nitrogens with one attached hydrogen (secondary N) is 1. The van der Waals surface area contributed by atoms with Gasteiger partial charge in [0, 0.05) is 13.7 Å². The molecule has 8 nitrogen and oxygen atoms in total. The number of hydrogen-bond donors (Lipinski definition) is 1. The minimum atomic E-state index is -0.181. The van der Waals surface area contributed by atoms with Crippen molar-refractivity contribution in [1.29, 1.82) is 0 Å². The van der Waals surface area contributed by atoms with Crippen LogP contribution in [-0.4, -0.2) is 45.3 Å². The number of ether oxygens (including phenoxy) is 1. The van der Waals surface area contributed by atoms with E-state index in [1.807, 2.05) is 42.6 Å². The Morgan fingerprint density at radius 2 is 2.10 bits per heavy atom. The molecule has 0 bridgehead atoms. The van der Waals surface area contributed by atoms with Crippen LogP contribution in [-0.2, 0) is 11.3 Å². The molecule has 0 fully saturated rings. The fourth-order valence-corrected chi connectivity index (χ4v) is 3.73. The molecule has 3 aromatic heterocycles. The molecule has 29 heavy (non-hydrogen) atoms. The molecular weight excluding hydrogens is 390 g/mol. The highest BCUT2D eigenvalue weighted by molar-refractivity contribution is 7.13. The first-order valence-corrected chi connectivity index (χ1v) is 10.1. The molecule has 3 heterocycles. The predicted octanol–water partition coefficient (Wildman–Crippen LogP) is 3.24. The Labute approximate surface area is 171 Å². The van der Waals surface area contributed by atoms with Gasteiger partial charge in [-0.25, -0.2) is 4.98 Å². The molecule has 4 rings (SSSR count). The number of thiophene rings is 1. The molecule has 1 aromatic carbocycles. The molecule has 1 atom stereocenters. The summed E-state index contributed by atoms with van der Waals surface area (Å²) in [5, 5.41) is 10.9. The van der Waals surface area contributed by atoms with Gasteiger partial charge in [-0.15, -0.1) is 21.5 Å². The normalized spacial score (nSPS) is 12.7. The van der Waals surface area contributed by atoms with Gasteiger partial charge in [0.05, 0.1) is 35.0 Å². The summed E-state index contributed by atoms with van der Waals surface area (Å²) >= 11 is 1.55. The van der Waals surface area contributed by atoms with Gasteiger partial charge in [0.25, 0.3) is 11.4 Å². The average Bonchev–Trinajstić information content (AvgIpc) is 3.42. The van der Waals surface area contributed by atoms with Crippen molar-refractivity contribution < 1.29 is 9.15 Å². The number of aromatic amines is 1. The summed E-state index contributed by atoms with van der Waals surface area (Å²) in [6, 6.07) is 11.0. The van der Waals surface area contributed by atoms with Gasteiger partial charge < -0.3 is 14.1 Å². The highest BCUT2D eigenvalue weighted by Gasteiger charge is 2.22. The van der Waals surface area contributed by atoms with Gasteiger partial charge in [-0.1, -0.05) is 18.2 Å². The first-order chi connectivity index (χ1) is 14.2. The summed E-state index contributed by atoms with van der Waals surface area (Å²) in [5.41, 5.74) is 0.518. The van der Waals surface area contributed by atoms with Gasteiger partial charge >= 0.3 is 0 Å². The van der Waals surface area contributed by atoms with E-state index < -0.39 is 0 Å². The number of para-hydroxylation sites is 1. The molecule has 0 aliphatic rings. The number of H-pyrrole nitrogens is 1. The number of fused-ring (bicyclic) bond motifs is 1. The monoisotopic (exact) mass is 411 g/mol. The predicted molar refractivity (Wildman–Crippen MR) is 111 cm³/mol. The number of nitrogens with zero attached hydrogens (tertiary/aromatic N) is 4. The summed E-state index contributed by atoms with van der Waals surface area (Å²) in [6.45, 7) is 3.54.